The standard InChI is InChI=1S/C27H36N2O/c1-3-26(25-15-14-22-8-4-5-9-24(22)17-25)28-27(30)23-12-10-21(11-13-23)19-29-16-6-7-20(2)18-29/h10-15,17,20,26H,3-9,16,18-19H2,1-2H3,(H,28,30)/t20-,26-/m1/s1. The van der Waals surface area contributed by atoms with E-state index in [1.165, 1.54) is 73.9 Å². The first kappa shape index (κ1) is 21.1. The third kappa shape index (κ3) is 5.13. The van der Waals surface area contributed by atoms with Crippen LogP contribution in [0.3, 0.4) is 0 Å². The number of nitrogens with zero attached hydrogens (tertiary/aromatic N) is 1. The molecule has 0 aromatic heterocycles. The SMILES string of the molecule is CC[C@@H](NC(=O)c1ccc(CN2CCC[C@@H](C)C2)cc1)c1ccc2c(c1)CCCC2. The predicted octanol–water partition coefficient (Wildman–Crippen LogP) is 5.68. The lowest BCUT2D eigenvalue weighted by Crippen LogP contribution is -2.33. The van der Waals surface area contributed by atoms with E-state index in [0.29, 0.717) is 0 Å². The molecule has 1 saturated heterocycles. The maximum absolute atomic E-state index is 12.9. The maximum Gasteiger partial charge on any atom is 0.251 e. The molecule has 0 saturated carbocycles. The average molecular weight is 405 g/mol. The molecule has 1 aliphatic carbocycles. The summed E-state index contributed by atoms with van der Waals surface area (Å²) in [5.41, 5.74) is 6.25. The van der Waals surface area contributed by atoms with Crippen LogP contribution in [0.5, 0.6) is 0 Å². The number of hydrogen-bond donors (Lipinski definition) is 1. The molecule has 1 amide bonds. The van der Waals surface area contributed by atoms with Gasteiger partial charge in [-0.1, -0.05) is 44.2 Å². The van der Waals surface area contributed by atoms with Gasteiger partial charge in [0.25, 0.3) is 5.91 Å². The molecule has 0 unspecified atom stereocenters. The van der Waals surface area contributed by atoms with Gasteiger partial charge in [-0.25, -0.2) is 0 Å². The Bertz CT molecular complexity index is 858. The van der Waals surface area contributed by atoms with E-state index in [1.807, 2.05) is 12.1 Å². The molecule has 2 aromatic carbocycles. The van der Waals surface area contributed by atoms with Crippen LogP contribution in [0, 0.1) is 5.92 Å². The van der Waals surface area contributed by atoms with E-state index in [-0.39, 0.29) is 11.9 Å². The zero-order valence-corrected chi connectivity index (χ0v) is 18.6. The van der Waals surface area contributed by atoms with Crippen LogP contribution in [0.4, 0.5) is 0 Å². The molecule has 1 N–H and O–H groups in total. The molecule has 2 aliphatic rings. The molecule has 2 aromatic rings. The summed E-state index contributed by atoms with van der Waals surface area (Å²) in [5, 5.41) is 3.26. The van der Waals surface area contributed by atoms with Gasteiger partial charge in [-0.3, -0.25) is 9.69 Å². The van der Waals surface area contributed by atoms with E-state index in [4.69, 9.17) is 0 Å². The number of nitrogens with one attached hydrogen (secondary N) is 1. The monoisotopic (exact) mass is 404 g/mol. The fourth-order valence-corrected chi connectivity index (χ4v) is 5.08. The summed E-state index contributed by atoms with van der Waals surface area (Å²) in [7, 11) is 0. The third-order valence-corrected chi connectivity index (χ3v) is 6.85. The van der Waals surface area contributed by atoms with Gasteiger partial charge in [-0.2, -0.15) is 0 Å². The molecule has 3 nitrogen and oxygen atoms in total. The van der Waals surface area contributed by atoms with E-state index >= 15 is 0 Å². The molecule has 0 radical (unpaired) electrons. The Morgan fingerprint density at radius 2 is 1.83 bits per heavy atom. The van der Waals surface area contributed by atoms with Crippen LogP contribution in [-0.2, 0) is 19.4 Å². The summed E-state index contributed by atoms with van der Waals surface area (Å²) in [6, 6.07) is 15.1. The van der Waals surface area contributed by atoms with E-state index < -0.39 is 0 Å². The van der Waals surface area contributed by atoms with Crippen molar-refractivity contribution in [2.24, 2.45) is 5.92 Å². The molecule has 2 atom stereocenters. The maximum atomic E-state index is 12.9. The van der Waals surface area contributed by atoms with Gasteiger partial charge < -0.3 is 5.32 Å². The second-order valence-electron chi connectivity index (χ2n) is 9.35. The van der Waals surface area contributed by atoms with Crippen LogP contribution < -0.4 is 5.32 Å². The number of amides is 1. The molecular weight excluding hydrogens is 368 g/mol. The van der Waals surface area contributed by atoms with Crippen molar-refractivity contribution in [3.8, 4) is 0 Å². The smallest absolute Gasteiger partial charge is 0.251 e. The first-order valence-electron chi connectivity index (χ1n) is 11.9. The van der Waals surface area contributed by atoms with Crippen LogP contribution in [0.1, 0.15) is 84.6 Å². The highest BCUT2D eigenvalue weighted by molar-refractivity contribution is 5.94. The van der Waals surface area contributed by atoms with Crippen LogP contribution in [0.15, 0.2) is 42.5 Å². The number of piperidine rings is 1. The number of rotatable bonds is 6. The van der Waals surface area contributed by atoms with Crippen molar-refractivity contribution in [3.63, 3.8) is 0 Å². The minimum Gasteiger partial charge on any atom is -0.345 e. The quantitative estimate of drug-likeness (QED) is 0.672. The van der Waals surface area contributed by atoms with E-state index in [2.05, 4.69) is 54.4 Å². The molecular formula is C27H36N2O. The van der Waals surface area contributed by atoms with Crippen molar-refractivity contribution >= 4 is 5.91 Å². The number of hydrogen-bond acceptors (Lipinski definition) is 2. The highest BCUT2D eigenvalue weighted by Gasteiger charge is 2.18. The van der Waals surface area contributed by atoms with Gasteiger partial charge in [0.05, 0.1) is 6.04 Å². The number of aryl methyl sites for hydroxylation is 2. The molecule has 160 valence electrons. The fraction of sp³-hybridized carbons (Fsp3) is 0.519. The highest BCUT2D eigenvalue weighted by atomic mass is 16.1. The first-order chi connectivity index (χ1) is 14.6. The van der Waals surface area contributed by atoms with Crippen molar-refractivity contribution < 1.29 is 4.79 Å². The lowest BCUT2D eigenvalue weighted by Gasteiger charge is -2.30. The summed E-state index contributed by atoms with van der Waals surface area (Å²) in [6.07, 6.45) is 8.48. The zero-order chi connectivity index (χ0) is 20.9. The van der Waals surface area contributed by atoms with Gasteiger partial charge >= 0.3 is 0 Å². The molecule has 0 spiro atoms. The normalized spacial score (nSPS) is 20.4. The van der Waals surface area contributed by atoms with Gasteiger partial charge in [-0.15, -0.1) is 0 Å². The van der Waals surface area contributed by atoms with Crippen molar-refractivity contribution in [2.45, 2.75) is 71.4 Å². The van der Waals surface area contributed by atoms with Crippen molar-refractivity contribution in [2.75, 3.05) is 13.1 Å². The molecule has 3 heteroatoms. The minimum atomic E-state index is 0.0257. The van der Waals surface area contributed by atoms with Gasteiger partial charge in [0.1, 0.15) is 0 Å². The van der Waals surface area contributed by atoms with E-state index in [9.17, 15) is 4.79 Å². The zero-order valence-electron chi connectivity index (χ0n) is 18.6. The van der Waals surface area contributed by atoms with Gasteiger partial charge in [0.2, 0.25) is 0 Å². The van der Waals surface area contributed by atoms with Crippen LogP contribution >= 0.6 is 0 Å². The lowest BCUT2D eigenvalue weighted by molar-refractivity contribution is 0.0935. The predicted molar refractivity (Wildman–Crippen MR) is 124 cm³/mol. The van der Waals surface area contributed by atoms with Crippen LogP contribution in [0.25, 0.3) is 0 Å². The number of fused-ring (bicyclic) bond motifs is 1. The Balaban J connectivity index is 1.38. The Morgan fingerprint density at radius 1 is 1.07 bits per heavy atom. The first-order valence-corrected chi connectivity index (χ1v) is 11.9. The summed E-state index contributed by atoms with van der Waals surface area (Å²) >= 11 is 0. The molecule has 1 fully saturated rings. The fourth-order valence-electron chi connectivity index (χ4n) is 5.08. The topological polar surface area (TPSA) is 32.3 Å². The van der Waals surface area contributed by atoms with Crippen LogP contribution in [-0.4, -0.2) is 23.9 Å². The number of carbonyl (C=O) groups is 1. The van der Waals surface area contributed by atoms with E-state index in [1.54, 1.807) is 0 Å². The second kappa shape index (κ2) is 9.78. The van der Waals surface area contributed by atoms with Gasteiger partial charge in [0.15, 0.2) is 0 Å². The highest BCUT2D eigenvalue weighted by Crippen LogP contribution is 2.26. The number of benzene rings is 2. The minimum absolute atomic E-state index is 0.0257. The molecule has 4 rings (SSSR count). The average Bonchev–Trinajstić information content (AvgIpc) is 2.77. The van der Waals surface area contributed by atoms with Crippen molar-refractivity contribution in [3.05, 3.63) is 70.3 Å². The Morgan fingerprint density at radius 3 is 2.57 bits per heavy atom. The molecule has 1 aliphatic heterocycles. The Hall–Kier alpha value is -2.13. The summed E-state index contributed by atoms with van der Waals surface area (Å²) in [4.78, 5) is 15.4. The van der Waals surface area contributed by atoms with Gasteiger partial charge in [-0.05, 0) is 91.8 Å². The van der Waals surface area contributed by atoms with Crippen molar-refractivity contribution in [1.29, 1.82) is 0 Å². The lowest BCUT2D eigenvalue weighted by atomic mass is 9.88. The van der Waals surface area contributed by atoms with Gasteiger partial charge in [0, 0.05) is 18.7 Å². The molecule has 0 bridgehead atoms. The summed E-state index contributed by atoms with van der Waals surface area (Å²) < 4.78 is 0. The third-order valence-electron chi connectivity index (χ3n) is 6.85. The number of likely N-dealkylation sites (tertiary alicyclic amines) is 1. The Labute approximate surface area is 181 Å². The molecule has 30 heavy (non-hydrogen) atoms. The van der Waals surface area contributed by atoms with Crippen molar-refractivity contribution in [1.82, 2.24) is 10.2 Å². The van der Waals surface area contributed by atoms with E-state index in [0.717, 1.165) is 24.4 Å². The summed E-state index contributed by atoms with van der Waals surface area (Å²) in [6.45, 7) is 7.84. The summed E-state index contributed by atoms with van der Waals surface area (Å²) in [5.74, 6) is 0.816. The van der Waals surface area contributed by atoms with Crippen LogP contribution in [0.2, 0.25) is 0 Å². The Kier molecular flexibility index (Phi) is 6.89. The number of carbonyl (C=O) groups excluding carboxylic acids is 1. The second-order valence-corrected chi connectivity index (χ2v) is 9.35. The largest absolute Gasteiger partial charge is 0.345 e. The molecule has 1 heterocycles.